The quantitative estimate of drug-likeness (QED) is 0.804. The predicted octanol–water partition coefficient (Wildman–Crippen LogP) is 2.51. The minimum Gasteiger partial charge on any atom is -0.383 e. The van der Waals surface area contributed by atoms with Gasteiger partial charge in [-0.2, -0.15) is 0 Å². The summed E-state index contributed by atoms with van der Waals surface area (Å²) >= 11 is 0. The summed E-state index contributed by atoms with van der Waals surface area (Å²) in [6, 6.07) is 6.92. The average molecular weight is 374 g/mol. The smallest absolute Gasteiger partial charge is 0.257 e. The molecular formula is C21H30N2O4. The van der Waals surface area contributed by atoms with E-state index in [0.29, 0.717) is 24.6 Å². The first kappa shape index (κ1) is 19.8. The molecule has 1 saturated heterocycles. The van der Waals surface area contributed by atoms with E-state index in [2.05, 4.69) is 12.2 Å². The van der Waals surface area contributed by atoms with Crippen molar-refractivity contribution < 1.29 is 19.1 Å². The summed E-state index contributed by atoms with van der Waals surface area (Å²) in [7, 11) is 1.59. The van der Waals surface area contributed by atoms with Crippen LogP contribution in [0.3, 0.4) is 0 Å². The number of carbonyl (C=O) groups is 2. The van der Waals surface area contributed by atoms with Crippen LogP contribution >= 0.6 is 0 Å². The molecule has 148 valence electrons. The van der Waals surface area contributed by atoms with Gasteiger partial charge in [0.2, 0.25) is 5.91 Å². The van der Waals surface area contributed by atoms with Gasteiger partial charge in [-0.3, -0.25) is 14.5 Å². The Balaban J connectivity index is 1.91. The Morgan fingerprint density at radius 2 is 2.15 bits per heavy atom. The molecule has 0 aromatic heterocycles. The van der Waals surface area contributed by atoms with Gasteiger partial charge in [-0.1, -0.05) is 31.5 Å². The molecule has 6 heteroatoms. The van der Waals surface area contributed by atoms with E-state index in [1.807, 2.05) is 31.2 Å². The van der Waals surface area contributed by atoms with Gasteiger partial charge in [0.05, 0.1) is 13.2 Å². The van der Waals surface area contributed by atoms with Crippen LogP contribution in [0.1, 0.15) is 48.5 Å². The van der Waals surface area contributed by atoms with Crippen molar-refractivity contribution in [1.29, 1.82) is 0 Å². The molecule has 2 aliphatic rings. The van der Waals surface area contributed by atoms with Crippen LogP contribution in [0.4, 0.5) is 0 Å². The van der Waals surface area contributed by atoms with Crippen molar-refractivity contribution in [2.24, 2.45) is 5.92 Å². The van der Waals surface area contributed by atoms with Gasteiger partial charge in [0, 0.05) is 19.2 Å². The Hall–Kier alpha value is -1.92. The monoisotopic (exact) mass is 374 g/mol. The molecule has 3 rings (SSSR count). The molecule has 3 atom stereocenters. The first-order chi connectivity index (χ1) is 13.0. The van der Waals surface area contributed by atoms with Crippen molar-refractivity contribution in [3.63, 3.8) is 0 Å². The highest BCUT2D eigenvalue weighted by atomic mass is 16.5. The summed E-state index contributed by atoms with van der Waals surface area (Å²) in [5.41, 5.74) is 0.863. The lowest BCUT2D eigenvalue weighted by atomic mass is 9.82. The second-order valence-electron chi connectivity index (χ2n) is 7.75. The molecule has 0 unspecified atom stereocenters. The first-order valence-electron chi connectivity index (χ1n) is 9.78. The van der Waals surface area contributed by atoms with Crippen molar-refractivity contribution in [3.8, 4) is 0 Å². The van der Waals surface area contributed by atoms with Crippen molar-refractivity contribution in [3.05, 3.63) is 35.4 Å². The summed E-state index contributed by atoms with van der Waals surface area (Å²) in [6.07, 6.45) is 3.67. The maximum Gasteiger partial charge on any atom is 0.257 e. The highest BCUT2D eigenvalue weighted by molar-refractivity contribution is 5.99. The molecule has 2 amide bonds. The van der Waals surface area contributed by atoms with Gasteiger partial charge in [-0.25, -0.2) is 0 Å². The topological polar surface area (TPSA) is 67.9 Å². The maximum absolute atomic E-state index is 13.5. The summed E-state index contributed by atoms with van der Waals surface area (Å²) in [5.74, 6) is 0.164. The molecular weight excluding hydrogens is 344 g/mol. The van der Waals surface area contributed by atoms with Crippen LogP contribution < -0.4 is 5.32 Å². The highest BCUT2D eigenvalue weighted by Crippen LogP contribution is 2.43. The lowest BCUT2D eigenvalue weighted by Crippen LogP contribution is -2.57. The van der Waals surface area contributed by atoms with Crippen LogP contribution in [0.25, 0.3) is 0 Å². The Morgan fingerprint density at radius 1 is 1.37 bits per heavy atom. The number of rotatable bonds is 5. The van der Waals surface area contributed by atoms with Gasteiger partial charge >= 0.3 is 0 Å². The molecule has 1 heterocycles. The summed E-state index contributed by atoms with van der Waals surface area (Å²) in [5, 5.41) is 2.87. The van der Waals surface area contributed by atoms with Crippen LogP contribution in [-0.4, -0.2) is 55.3 Å². The normalized spacial score (nSPS) is 27.7. The average Bonchev–Trinajstić information content (AvgIpc) is 3.00. The number of nitrogens with zero attached hydrogens (tertiary/aromatic N) is 1. The van der Waals surface area contributed by atoms with Gasteiger partial charge in [0.15, 0.2) is 0 Å². The molecule has 1 N–H and O–H groups in total. The number of hydrogen-bond donors (Lipinski definition) is 1. The van der Waals surface area contributed by atoms with Gasteiger partial charge in [-0.15, -0.1) is 0 Å². The van der Waals surface area contributed by atoms with E-state index in [-0.39, 0.29) is 18.4 Å². The fourth-order valence-electron chi connectivity index (χ4n) is 4.34. The highest BCUT2D eigenvalue weighted by Gasteiger charge is 2.54. The van der Waals surface area contributed by atoms with E-state index in [1.165, 1.54) is 0 Å². The van der Waals surface area contributed by atoms with Crippen LogP contribution in [0.15, 0.2) is 24.3 Å². The molecule has 1 aliphatic carbocycles. The van der Waals surface area contributed by atoms with Crippen LogP contribution in [0, 0.1) is 12.8 Å². The first-order valence-corrected chi connectivity index (χ1v) is 9.78. The number of carbonyl (C=O) groups excluding carboxylic acids is 2. The summed E-state index contributed by atoms with van der Waals surface area (Å²) < 4.78 is 11.2. The number of hydrogen-bond acceptors (Lipinski definition) is 4. The van der Waals surface area contributed by atoms with Crippen molar-refractivity contribution >= 4 is 11.8 Å². The number of amides is 2. The van der Waals surface area contributed by atoms with E-state index >= 15 is 0 Å². The largest absolute Gasteiger partial charge is 0.383 e. The van der Waals surface area contributed by atoms with Crippen LogP contribution in [0.5, 0.6) is 0 Å². The van der Waals surface area contributed by atoms with E-state index in [9.17, 15) is 9.59 Å². The molecule has 2 fully saturated rings. The van der Waals surface area contributed by atoms with Crippen molar-refractivity contribution in [1.82, 2.24) is 10.2 Å². The number of methoxy groups -OCH3 is 1. The van der Waals surface area contributed by atoms with Gasteiger partial charge in [-0.05, 0) is 43.7 Å². The zero-order chi connectivity index (χ0) is 19.4. The molecule has 0 radical (unpaired) electrons. The maximum atomic E-state index is 13.5. The zero-order valence-corrected chi connectivity index (χ0v) is 16.5. The minimum atomic E-state index is -0.680. The molecule has 1 aliphatic heterocycles. The molecule has 1 aromatic carbocycles. The van der Waals surface area contributed by atoms with Crippen LogP contribution in [-0.2, 0) is 14.3 Å². The fraction of sp³-hybridized carbons (Fsp3) is 0.619. The number of aryl methyl sites for hydroxylation is 1. The predicted molar refractivity (Wildman–Crippen MR) is 102 cm³/mol. The third-order valence-electron chi connectivity index (χ3n) is 5.69. The van der Waals surface area contributed by atoms with Gasteiger partial charge in [0.1, 0.15) is 11.8 Å². The fourth-order valence-corrected chi connectivity index (χ4v) is 4.34. The van der Waals surface area contributed by atoms with Gasteiger partial charge < -0.3 is 14.8 Å². The van der Waals surface area contributed by atoms with E-state index < -0.39 is 11.8 Å². The molecule has 0 bridgehead atoms. The van der Waals surface area contributed by atoms with E-state index in [1.54, 1.807) is 12.0 Å². The Morgan fingerprint density at radius 3 is 2.85 bits per heavy atom. The van der Waals surface area contributed by atoms with Crippen molar-refractivity contribution in [2.45, 2.75) is 51.3 Å². The summed E-state index contributed by atoms with van der Waals surface area (Å²) in [4.78, 5) is 28.1. The number of benzene rings is 1. The van der Waals surface area contributed by atoms with E-state index in [0.717, 1.165) is 31.2 Å². The van der Waals surface area contributed by atoms with Gasteiger partial charge in [0.25, 0.3) is 5.91 Å². The Kier molecular flexibility index (Phi) is 6.17. The second kappa shape index (κ2) is 8.40. The minimum absolute atomic E-state index is 0.119. The lowest BCUT2D eigenvalue weighted by Gasteiger charge is -2.43. The lowest BCUT2D eigenvalue weighted by molar-refractivity contribution is -0.128. The molecule has 1 aromatic rings. The third kappa shape index (κ3) is 4.01. The van der Waals surface area contributed by atoms with E-state index in [4.69, 9.17) is 9.47 Å². The molecule has 27 heavy (non-hydrogen) atoms. The molecule has 1 spiro atoms. The van der Waals surface area contributed by atoms with Crippen molar-refractivity contribution in [2.75, 3.05) is 26.9 Å². The number of ether oxygens (including phenoxy) is 2. The standard InChI is InChI=1S/C21H30N2O4/c1-15-7-6-10-21(13-15)23(20(25)17-9-5-4-8-16(17)2)18(14-27-21)19(24)22-11-12-26-3/h4-5,8-9,15,18H,6-7,10-14H2,1-3H3,(H,22,24)/t15-,18+,21+/m0/s1. The molecule has 6 nitrogen and oxygen atoms in total. The summed E-state index contributed by atoms with van der Waals surface area (Å²) in [6.45, 7) is 5.21. The SMILES string of the molecule is COCCNC(=O)[C@H]1CO[C@@]2(CCC[C@H](C)C2)N1C(=O)c1ccccc1C. The Bertz CT molecular complexity index is 693. The number of nitrogens with one attached hydrogen (secondary N) is 1. The second-order valence-corrected chi connectivity index (χ2v) is 7.75. The zero-order valence-electron chi connectivity index (χ0n) is 16.5. The third-order valence-corrected chi connectivity index (χ3v) is 5.69. The Labute approximate surface area is 161 Å². The van der Waals surface area contributed by atoms with Crippen LogP contribution in [0.2, 0.25) is 0 Å². The molecule has 1 saturated carbocycles.